The zero-order valence-electron chi connectivity index (χ0n) is 13.5. The lowest BCUT2D eigenvalue weighted by Gasteiger charge is -2.22. The number of aromatic carboxylic acids is 1. The lowest BCUT2D eigenvalue weighted by atomic mass is 10.2. The van der Waals surface area contributed by atoms with Crippen molar-refractivity contribution in [1.82, 2.24) is 4.90 Å². The SMILES string of the molecule is CN(CC(=O)Nc1cc(C(=O)O)cc(S(C)(=O)=O)c1)C1CCSC1. The summed E-state index contributed by atoms with van der Waals surface area (Å²) in [6.07, 6.45) is 2.02. The second-order valence-corrected chi connectivity index (χ2v) is 8.97. The minimum absolute atomic E-state index is 0.141. The number of nitrogens with one attached hydrogen (secondary N) is 1. The standard InChI is InChI=1S/C15H20N2O5S2/c1-17(12-3-4-23-9-12)8-14(18)16-11-5-10(15(19)20)6-13(7-11)24(2,21)22/h5-7,12H,3-4,8-9H2,1-2H3,(H,16,18)(H,19,20). The van der Waals surface area contributed by atoms with Crippen molar-refractivity contribution in [2.75, 3.05) is 36.7 Å². The van der Waals surface area contributed by atoms with Crippen molar-refractivity contribution in [3.63, 3.8) is 0 Å². The van der Waals surface area contributed by atoms with E-state index in [-0.39, 0.29) is 28.6 Å². The van der Waals surface area contributed by atoms with E-state index in [1.165, 1.54) is 12.1 Å². The van der Waals surface area contributed by atoms with E-state index in [1.807, 2.05) is 23.7 Å². The van der Waals surface area contributed by atoms with Gasteiger partial charge in [-0.15, -0.1) is 0 Å². The van der Waals surface area contributed by atoms with Crippen molar-refractivity contribution < 1.29 is 23.1 Å². The molecule has 1 heterocycles. The molecule has 9 heteroatoms. The number of anilines is 1. The normalized spacial score (nSPS) is 17.9. The Bertz CT molecular complexity index is 742. The van der Waals surface area contributed by atoms with Crippen molar-refractivity contribution in [2.24, 2.45) is 0 Å². The molecule has 2 N–H and O–H groups in total. The molecule has 0 aromatic heterocycles. The molecule has 1 saturated heterocycles. The van der Waals surface area contributed by atoms with Crippen LogP contribution in [0.4, 0.5) is 5.69 Å². The largest absolute Gasteiger partial charge is 0.478 e. The molecule has 24 heavy (non-hydrogen) atoms. The zero-order chi connectivity index (χ0) is 17.9. The van der Waals surface area contributed by atoms with Crippen LogP contribution in [0.25, 0.3) is 0 Å². The van der Waals surface area contributed by atoms with Crippen molar-refractivity contribution in [3.05, 3.63) is 23.8 Å². The Kier molecular flexibility index (Phi) is 5.89. The van der Waals surface area contributed by atoms with Gasteiger partial charge in [0.05, 0.1) is 17.0 Å². The van der Waals surface area contributed by atoms with Gasteiger partial charge in [-0.25, -0.2) is 13.2 Å². The number of benzene rings is 1. The summed E-state index contributed by atoms with van der Waals surface area (Å²) in [6.45, 7) is 0.163. The van der Waals surface area contributed by atoms with Crippen molar-refractivity contribution >= 4 is 39.2 Å². The molecule has 0 radical (unpaired) electrons. The number of rotatable bonds is 6. The van der Waals surface area contributed by atoms with Crippen LogP contribution in [0.2, 0.25) is 0 Å². The van der Waals surface area contributed by atoms with Crippen LogP contribution in [-0.4, -0.2) is 67.7 Å². The van der Waals surface area contributed by atoms with Crippen LogP contribution < -0.4 is 5.32 Å². The van der Waals surface area contributed by atoms with Gasteiger partial charge < -0.3 is 10.4 Å². The molecule has 2 rings (SSSR count). The first-order valence-electron chi connectivity index (χ1n) is 7.33. The Morgan fingerprint density at radius 3 is 2.62 bits per heavy atom. The first-order valence-corrected chi connectivity index (χ1v) is 10.4. The van der Waals surface area contributed by atoms with Crippen LogP contribution in [0.5, 0.6) is 0 Å². The highest BCUT2D eigenvalue weighted by atomic mass is 32.2. The molecule has 1 aliphatic rings. The van der Waals surface area contributed by atoms with E-state index in [1.54, 1.807) is 0 Å². The van der Waals surface area contributed by atoms with Crippen LogP contribution in [0, 0.1) is 0 Å². The molecule has 132 valence electrons. The first-order chi connectivity index (χ1) is 11.2. The summed E-state index contributed by atoms with van der Waals surface area (Å²) >= 11 is 1.85. The molecule has 1 aliphatic heterocycles. The van der Waals surface area contributed by atoms with Gasteiger partial charge in [-0.1, -0.05) is 0 Å². The second kappa shape index (κ2) is 7.54. The third-order valence-electron chi connectivity index (χ3n) is 3.79. The summed E-state index contributed by atoms with van der Waals surface area (Å²) in [5, 5.41) is 11.7. The Morgan fingerprint density at radius 1 is 1.38 bits per heavy atom. The summed E-state index contributed by atoms with van der Waals surface area (Å²) in [4.78, 5) is 25.1. The molecule has 1 unspecified atom stereocenters. The predicted octanol–water partition coefficient (Wildman–Crippen LogP) is 1.16. The van der Waals surface area contributed by atoms with Crippen LogP contribution in [0.3, 0.4) is 0 Å². The number of hydrogen-bond donors (Lipinski definition) is 2. The van der Waals surface area contributed by atoms with Gasteiger partial charge in [-0.2, -0.15) is 11.8 Å². The van der Waals surface area contributed by atoms with E-state index in [0.717, 1.165) is 30.2 Å². The fraction of sp³-hybridized carbons (Fsp3) is 0.467. The summed E-state index contributed by atoms with van der Waals surface area (Å²) < 4.78 is 23.4. The predicted molar refractivity (Wildman–Crippen MR) is 93.5 cm³/mol. The van der Waals surface area contributed by atoms with Gasteiger partial charge in [-0.05, 0) is 37.4 Å². The molecule has 1 aromatic carbocycles. The van der Waals surface area contributed by atoms with Gasteiger partial charge in [0.15, 0.2) is 9.84 Å². The van der Waals surface area contributed by atoms with E-state index in [9.17, 15) is 18.0 Å². The Hall–Kier alpha value is -1.58. The van der Waals surface area contributed by atoms with Crippen LogP contribution in [0.15, 0.2) is 23.1 Å². The number of carboxylic acids is 1. The van der Waals surface area contributed by atoms with Crippen molar-refractivity contribution in [1.29, 1.82) is 0 Å². The molecule has 1 fully saturated rings. The van der Waals surface area contributed by atoms with Gasteiger partial charge in [0.25, 0.3) is 0 Å². The maximum absolute atomic E-state index is 12.2. The molecule has 0 saturated carbocycles. The minimum Gasteiger partial charge on any atom is -0.478 e. The Morgan fingerprint density at radius 2 is 2.08 bits per heavy atom. The molecule has 7 nitrogen and oxygen atoms in total. The number of nitrogens with zero attached hydrogens (tertiary/aromatic N) is 1. The smallest absolute Gasteiger partial charge is 0.335 e. The molecule has 0 bridgehead atoms. The van der Waals surface area contributed by atoms with E-state index < -0.39 is 15.8 Å². The summed E-state index contributed by atoms with van der Waals surface area (Å²) in [5.74, 6) is 0.499. The fourth-order valence-corrected chi connectivity index (χ4v) is 4.42. The third-order valence-corrected chi connectivity index (χ3v) is 6.02. The van der Waals surface area contributed by atoms with Crippen LogP contribution in [0.1, 0.15) is 16.8 Å². The number of carbonyl (C=O) groups excluding carboxylic acids is 1. The average molecular weight is 372 g/mol. The van der Waals surface area contributed by atoms with E-state index in [0.29, 0.717) is 6.04 Å². The molecule has 1 atom stereocenters. The first kappa shape index (κ1) is 18.8. The lowest BCUT2D eigenvalue weighted by molar-refractivity contribution is -0.117. The lowest BCUT2D eigenvalue weighted by Crippen LogP contribution is -2.38. The number of thioether (sulfide) groups is 1. The highest BCUT2D eigenvalue weighted by Gasteiger charge is 2.22. The van der Waals surface area contributed by atoms with E-state index >= 15 is 0 Å². The highest BCUT2D eigenvalue weighted by molar-refractivity contribution is 7.99. The topological polar surface area (TPSA) is 104 Å². The summed E-state index contributed by atoms with van der Waals surface area (Å²) in [6, 6.07) is 3.94. The van der Waals surface area contributed by atoms with Crippen LogP contribution >= 0.6 is 11.8 Å². The molecule has 0 aliphatic carbocycles. The number of sulfone groups is 1. The van der Waals surface area contributed by atoms with Crippen molar-refractivity contribution in [3.8, 4) is 0 Å². The number of hydrogen-bond acceptors (Lipinski definition) is 6. The van der Waals surface area contributed by atoms with Gasteiger partial charge in [0.2, 0.25) is 5.91 Å². The third kappa shape index (κ3) is 4.96. The Labute approximate surface area is 145 Å². The quantitative estimate of drug-likeness (QED) is 0.772. The van der Waals surface area contributed by atoms with Crippen LogP contribution in [-0.2, 0) is 14.6 Å². The fourth-order valence-electron chi connectivity index (χ4n) is 2.43. The zero-order valence-corrected chi connectivity index (χ0v) is 15.1. The summed E-state index contributed by atoms with van der Waals surface area (Å²) in [5.41, 5.74) is -0.0247. The van der Waals surface area contributed by atoms with E-state index in [4.69, 9.17) is 5.11 Å². The number of amides is 1. The van der Waals surface area contributed by atoms with Gasteiger partial charge >= 0.3 is 5.97 Å². The molecule has 1 aromatic rings. The van der Waals surface area contributed by atoms with Gasteiger partial charge in [-0.3, -0.25) is 9.69 Å². The monoisotopic (exact) mass is 372 g/mol. The highest BCUT2D eigenvalue weighted by Crippen LogP contribution is 2.22. The summed E-state index contributed by atoms with van der Waals surface area (Å²) in [7, 11) is -1.71. The number of likely N-dealkylation sites (N-methyl/N-ethyl adjacent to an activating group) is 1. The molecule has 0 spiro atoms. The maximum atomic E-state index is 12.2. The number of carboxylic acid groups (broad SMARTS) is 1. The van der Waals surface area contributed by atoms with Crippen molar-refractivity contribution in [2.45, 2.75) is 17.4 Å². The number of carbonyl (C=O) groups is 2. The average Bonchev–Trinajstić information content (AvgIpc) is 3.00. The molecular formula is C15H20N2O5S2. The Balaban J connectivity index is 2.14. The second-order valence-electron chi connectivity index (χ2n) is 5.80. The maximum Gasteiger partial charge on any atom is 0.335 e. The van der Waals surface area contributed by atoms with E-state index in [2.05, 4.69) is 5.32 Å². The molecular weight excluding hydrogens is 352 g/mol. The van der Waals surface area contributed by atoms with Gasteiger partial charge in [0, 0.05) is 23.7 Å². The minimum atomic E-state index is -3.58. The van der Waals surface area contributed by atoms with Gasteiger partial charge in [0.1, 0.15) is 0 Å². The molecule has 1 amide bonds.